The van der Waals surface area contributed by atoms with E-state index in [4.69, 9.17) is 10.00 Å². The number of hydrogen-bond acceptors (Lipinski definition) is 4. The summed E-state index contributed by atoms with van der Waals surface area (Å²) in [6.07, 6.45) is 1.58. The van der Waals surface area contributed by atoms with Crippen LogP contribution in [0.5, 0.6) is 0 Å². The Labute approximate surface area is 141 Å². The molecule has 122 valence electrons. The van der Waals surface area contributed by atoms with Gasteiger partial charge in [-0.15, -0.1) is 0 Å². The first-order valence-electron chi connectivity index (χ1n) is 7.91. The standard InChI is InChI=1S/C20H19NO3/c1-3-14-8-9-16(4-2)18(11-14)19(22)13-24-20(23)17-7-5-6-15(10-17)12-21/h5-11H,3-4,13H2,1-2H3. The summed E-state index contributed by atoms with van der Waals surface area (Å²) in [7, 11) is 0. The van der Waals surface area contributed by atoms with E-state index in [-0.39, 0.29) is 18.0 Å². The number of nitriles is 1. The van der Waals surface area contributed by atoms with Gasteiger partial charge in [0, 0.05) is 5.56 Å². The fourth-order valence-electron chi connectivity index (χ4n) is 2.42. The molecule has 0 aliphatic carbocycles. The number of ether oxygens (including phenoxy) is 1. The number of rotatable bonds is 6. The summed E-state index contributed by atoms with van der Waals surface area (Å²) < 4.78 is 5.12. The third-order valence-corrected chi connectivity index (χ3v) is 3.83. The van der Waals surface area contributed by atoms with E-state index in [2.05, 4.69) is 0 Å². The van der Waals surface area contributed by atoms with E-state index in [9.17, 15) is 9.59 Å². The quantitative estimate of drug-likeness (QED) is 0.600. The lowest BCUT2D eigenvalue weighted by Crippen LogP contribution is -2.16. The lowest BCUT2D eigenvalue weighted by molar-refractivity contribution is 0.0474. The molecule has 0 bridgehead atoms. The topological polar surface area (TPSA) is 67.2 Å². The summed E-state index contributed by atoms with van der Waals surface area (Å²) in [5.41, 5.74) is 3.26. The molecular formula is C20H19NO3. The van der Waals surface area contributed by atoms with Crippen molar-refractivity contribution in [1.29, 1.82) is 5.26 Å². The van der Waals surface area contributed by atoms with Gasteiger partial charge in [0.25, 0.3) is 0 Å². The second-order valence-electron chi connectivity index (χ2n) is 5.39. The molecule has 0 aliphatic rings. The SMILES string of the molecule is CCc1ccc(CC)c(C(=O)COC(=O)c2cccc(C#N)c2)c1. The predicted octanol–water partition coefficient (Wildman–Crippen LogP) is 3.72. The number of ketones is 1. The molecule has 4 heteroatoms. The highest BCUT2D eigenvalue weighted by atomic mass is 16.5. The van der Waals surface area contributed by atoms with E-state index >= 15 is 0 Å². The summed E-state index contributed by atoms with van der Waals surface area (Å²) >= 11 is 0. The maximum Gasteiger partial charge on any atom is 0.338 e. The monoisotopic (exact) mass is 321 g/mol. The molecule has 0 aliphatic heterocycles. The number of benzene rings is 2. The van der Waals surface area contributed by atoms with Crippen molar-refractivity contribution in [2.45, 2.75) is 26.7 Å². The van der Waals surface area contributed by atoms with E-state index in [1.807, 2.05) is 38.1 Å². The normalized spacial score (nSPS) is 10.0. The molecule has 0 heterocycles. The minimum atomic E-state index is -0.606. The van der Waals surface area contributed by atoms with Crippen molar-refractivity contribution in [2.75, 3.05) is 6.61 Å². The Kier molecular flexibility index (Phi) is 5.86. The van der Waals surface area contributed by atoms with Crippen molar-refractivity contribution in [1.82, 2.24) is 0 Å². The molecule has 0 spiro atoms. The first-order chi connectivity index (χ1) is 11.6. The van der Waals surface area contributed by atoms with Crippen LogP contribution in [-0.4, -0.2) is 18.4 Å². The van der Waals surface area contributed by atoms with Crippen molar-refractivity contribution in [3.63, 3.8) is 0 Å². The molecule has 2 aromatic carbocycles. The van der Waals surface area contributed by atoms with Crippen LogP contribution in [0.4, 0.5) is 0 Å². The van der Waals surface area contributed by atoms with Crippen LogP contribution >= 0.6 is 0 Å². The van der Waals surface area contributed by atoms with Crippen LogP contribution in [0.3, 0.4) is 0 Å². The number of aryl methyl sites for hydroxylation is 2. The maximum atomic E-state index is 12.4. The number of carbonyl (C=O) groups is 2. The van der Waals surface area contributed by atoms with E-state index in [1.54, 1.807) is 18.2 Å². The van der Waals surface area contributed by atoms with Gasteiger partial charge in [0.2, 0.25) is 5.78 Å². The predicted molar refractivity (Wildman–Crippen MR) is 91.0 cm³/mol. The second kappa shape index (κ2) is 8.07. The summed E-state index contributed by atoms with van der Waals surface area (Å²) in [6, 6.07) is 14.0. The van der Waals surface area contributed by atoms with E-state index < -0.39 is 5.97 Å². The molecular weight excluding hydrogens is 302 g/mol. The zero-order valence-corrected chi connectivity index (χ0v) is 13.8. The van der Waals surface area contributed by atoms with E-state index in [0.717, 1.165) is 24.0 Å². The first-order valence-corrected chi connectivity index (χ1v) is 7.91. The third-order valence-electron chi connectivity index (χ3n) is 3.83. The van der Waals surface area contributed by atoms with Gasteiger partial charge in [0.1, 0.15) is 0 Å². The highest BCUT2D eigenvalue weighted by molar-refractivity contribution is 6.00. The minimum absolute atomic E-state index is 0.216. The summed E-state index contributed by atoms with van der Waals surface area (Å²) in [5, 5.41) is 8.86. The van der Waals surface area contributed by atoms with Gasteiger partial charge in [-0.25, -0.2) is 4.79 Å². The Hall–Kier alpha value is -2.93. The third kappa shape index (κ3) is 4.08. The number of hydrogen-bond donors (Lipinski definition) is 0. The molecule has 2 rings (SSSR count). The fourth-order valence-corrected chi connectivity index (χ4v) is 2.42. The molecule has 0 atom stereocenters. The largest absolute Gasteiger partial charge is 0.454 e. The Bertz CT molecular complexity index is 803. The number of nitrogens with zero attached hydrogens (tertiary/aromatic N) is 1. The molecule has 0 N–H and O–H groups in total. The molecule has 0 saturated carbocycles. The Balaban J connectivity index is 2.10. The summed E-state index contributed by atoms with van der Waals surface area (Å²) in [4.78, 5) is 24.5. The molecule has 0 unspecified atom stereocenters. The van der Waals surface area contributed by atoms with Gasteiger partial charge >= 0.3 is 5.97 Å². The highest BCUT2D eigenvalue weighted by Crippen LogP contribution is 2.15. The Morgan fingerprint density at radius 2 is 1.88 bits per heavy atom. The molecule has 0 fully saturated rings. The van der Waals surface area contributed by atoms with Gasteiger partial charge in [-0.3, -0.25) is 4.79 Å². The number of carbonyl (C=O) groups excluding carboxylic acids is 2. The molecule has 24 heavy (non-hydrogen) atoms. The maximum absolute atomic E-state index is 12.4. The first kappa shape index (κ1) is 17.4. The zero-order chi connectivity index (χ0) is 17.5. The lowest BCUT2D eigenvalue weighted by atomic mass is 9.98. The van der Waals surface area contributed by atoms with E-state index in [0.29, 0.717) is 11.1 Å². The number of Topliss-reactive ketones (excluding diaryl/α,β-unsaturated/α-hetero) is 1. The molecule has 4 nitrogen and oxygen atoms in total. The molecule has 0 saturated heterocycles. The Morgan fingerprint density at radius 1 is 1.08 bits per heavy atom. The van der Waals surface area contributed by atoms with Crippen molar-refractivity contribution in [3.05, 3.63) is 70.3 Å². The van der Waals surface area contributed by atoms with Crippen molar-refractivity contribution in [3.8, 4) is 6.07 Å². The van der Waals surface area contributed by atoms with Crippen LogP contribution < -0.4 is 0 Å². The van der Waals surface area contributed by atoms with Gasteiger partial charge in [0.15, 0.2) is 6.61 Å². The van der Waals surface area contributed by atoms with Crippen LogP contribution in [0.25, 0.3) is 0 Å². The summed E-state index contributed by atoms with van der Waals surface area (Å²) in [6.45, 7) is 3.70. The van der Waals surface area contributed by atoms with Crippen LogP contribution in [0.15, 0.2) is 42.5 Å². The second-order valence-corrected chi connectivity index (χ2v) is 5.39. The highest BCUT2D eigenvalue weighted by Gasteiger charge is 2.15. The van der Waals surface area contributed by atoms with Crippen molar-refractivity contribution in [2.24, 2.45) is 0 Å². The fraction of sp³-hybridized carbons (Fsp3) is 0.250. The van der Waals surface area contributed by atoms with Gasteiger partial charge in [-0.1, -0.05) is 32.0 Å². The van der Waals surface area contributed by atoms with Crippen molar-refractivity contribution >= 4 is 11.8 Å². The average molecular weight is 321 g/mol. The minimum Gasteiger partial charge on any atom is -0.454 e. The molecule has 0 amide bonds. The molecule has 0 aromatic heterocycles. The van der Waals surface area contributed by atoms with Crippen molar-refractivity contribution < 1.29 is 14.3 Å². The number of esters is 1. The average Bonchev–Trinajstić information content (AvgIpc) is 2.65. The van der Waals surface area contributed by atoms with Crippen LogP contribution in [0.2, 0.25) is 0 Å². The molecule has 0 radical (unpaired) electrons. The van der Waals surface area contributed by atoms with Crippen LogP contribution in [-0.2, 0) is 17.6 Å². The van der Waals surface area contributed by atoms with Gasteiger partial charge < -0.3 is 4.74 Å². The lowest BCUT2D eigenvalue weighted by Gasteiger charge is -2.10. The van der Waals surface area contributed by atoms with E-state index in [1.165, 1.54) is 6.07 Å². The summed E-state index contributed by atoms with van der Waals surface area (Å²) in [5.74, 6) is -0.822. The van der Waals surface area contributed by atoms with Gasteiger partial charge in [-0.2, -0.15) is 5.26 Å². The van der Waals surface area contributed by atoms with Gasteiger partial charge in [-0.05, 0) is 48.2 Å². The zero-order valence-electron chi connectivity index (χ0n) is 13.8. The van der Waals surface area contributed by atoms with Crippen LogP contribution in [0, 0.1) is 11.3 Å². The van der Waals surface area contributed by atoms with Crippen LogP contribution in [0.1, 0.15) is 51.3 Å². The van der Waals surface area contributed by atoms with Gasteiger partial charge in [0.05, 0.1) is 17.2 Å². The smallest absolute Gasteiger partial charge is 0.338 e. The Morgan fingerprint density at radius 3 is 2.54 bits per heavy atom. The molecule has 2 aromatic rings.